The molecule has 2 fully saturated rings. The van der Waals surface area contributed by atoms with Crippen molar-refractivity contribution >= 4 is 45.2 Å². The number of hydrogen-bond donors (Lipinski definition) is 1. The fraction of sp³-hybridized carbons (Fsp3) is 0.400. The summed E-state index contributed by atoms with van der Waals surface area (Å²) in [6.07, 6.45) is 2.99. The molecule has 1 amide bonds. The molecule has 0 aliphatic carbocycles. The number of nitrogens with zero attached hydrogens (tertiary/aromatic N) is 5. The highest BCUT2D eigenvalue weighted by atomic mass is 35.5. The Bertz CT molecular complexity index is 1630. The van der Waals surface area contributed by atoms with Crippen LogP contribution in [0.15, 0.2) is 42.6 Å². The molecule has 2 aliphatic rings. The number of anilines is 1. The summed E-state index contributed by atoms with van der Waals surface area (Å²) in [6, 6.07) is 11.0. The van der Waals surface area contributed by atoms with Crippen LogP contribution in [0, 0.1) is 5.82 Å². The number of piperazine rings is 1. The zero-order valence-electron chi connectivity index (χ0n) is 23.2. The molecule has 2 atom stereocenters. The van der Waals surface area contributed by atoms with Crippen LogP contribution in [0.4, 0.5) is 15.0 Å². The molecule has 0 unspecified atom stereocenters. The van der Waals surface area contributed by atoms with Crippen molar-refractivity contribution in [1.82, 2.24) is 19.9 Å². The van der Waals surface area contributed by atoms with E-state index >= 15 is 4.39 Å². The number of pyridine rings is 1. The first-order chi connectivity index (χ1) is 19.6. The molecule has 2 aliphatic heterocycles. The average molecular weight is 579 g/mol. The first-order valence-electron chi connectivity index (χ1n) is 13.8. The fourth-order valence-corrected chi connectivity index (χ4v) is 6.13. The van der Waals surface area contributed by atoms with Crippen LogP contribution in [0.25, 0.3) is 32.9 Å². The van der Waals surface area contributed by atoms with Gasteiger partial charge in [-0.2, -0.15) is 9.97 Å². The number of halogens is 2. The number of rotatable bonds is 5. The van der Waals surface area contributed by atoms with Crippen LogP contribution < -0.4 is 15.4 Å². The van der Waals surface area contributed by atoms with Crippen LogP contribution in [0.5, 0.6) is 6.01 Å². The van der Waals surface area contributed by atoms with Gasteiger partial charge in [0.25, 0.3) is 0 Å². The zero-order chi connectivity index (χ0) is 28.9. The van der Waals surface area contributed by atoms with Gasteiger partial charge in [-0.05, 0) is 45.1 Å². The number of benzene rings is 2. The number of amides is 1. The van der Waals surface area contributed by atoms with Gasteiger partial charge in [-0.15, -0.1) is 0 Å². The predicted molar refractivity (Wildman–Crippen MR) is 157 cm³/mol. The van der Waals surface area contributed by atoms with Crippen molar-refractivity contribution in [1.29, 1.82) is 0 Å². The molecular weight excluding hydrogens is 547 g/mol. The normalized spacial score (nSPS) is 18.8. The summed E-state index contributed by atoms with van der Waals surface area (Å²) in [5, 5.41) is 2.56. The second kappa shape index (κ2) is 10.6. The maximum atomic E-state index is 16.4. The molecule has 2 N–H and O–H groups in total. The third-order valence-corrected chi connectivity index (χ3v) is 7.80. The molecule has 2 aromatic heterocycles. The summed E-state index contributed by atoms with van der Waals surface area (Å²) in [7, 11) is 0. The van der Waals surface area contributed by atoms with E-state index in [1.165, 1.54) is 0 Å². The molecule has 0 radical (unpaired) electrons. The van der Waals surface area contributed by atoms with Crippen molar-refractivity contribution in [2.24, 2.45) is 5.73 Å². The van der Waals surface area contributed by atoms with E-state index in [-0.39, 0.29) is 48.5 Å². The molecule has 4 aromatic rings. The molecule has 214 valence electrons. The predicted octanol–water partition coefficient (Wildman–Crippen LogP) is 5.56. The van der Waals surface area contributed by atoms with E-state index in [0.717, 1.165) is 18.2 Å². The van der Waals surface area contributed by atoms with Crippen molar-refractivity contribution in [3.05, 3.63) is 53.4 Å². The lowest BCUT2D eigenvalue weighted by Gasteiger charge is -2.42. The smallest absolute Gasteiger partial charge is 0.410 e. The van der Waals surface area contributed by atoms with Crippen LogP contribution in [-0.4, -0.2) is 69.9 Å². The Morgan fingerprint density at radius 3 is 2.51 bits per heavy atom. The van der Waals surface area contributed by atoms with Gasteiger partial charge in [0.05, 0.1) is 17.5 Å². The van der Waals surface area contributed by atoms with Gasteiger partial charge in [0.2, 0.25) is 0 Å². The number of aromatic nitrogens is 3. The second-order valence-corrected chi connectivity index (χ2v) is 11.9. The third kappa shape index (κ3) is 5.10. The molecule has 4 heterocycles. The number of carbonyl (C=O) groups is 1. The van der Waals surface area contributed by atoms with E-state index in [9.17, 15) is 4.79 Å². The molecular formula is C30H32ClFN6O3. The van der Waals surface area contributed by atoms with Gasteiger partial charge in [-0.1, -0.05) is 41.9 Å². The summed E-state index contributed by atoms with van der Waals surface area (Å²) in [5.74, 6) is -0.0804. The second-order valence-electron chi connectivity index (χ2n) is 11.5. The topological polar surface area (TPSA) is 107 Å². The van der Waals surface area contributed by atoms with Gasteiger partial charge in [-0.3, -0.25) is 9.88 Å². The minimum atomic E-state index is -0.591. The third-order valence-electron chi connectivity index (χ3n) is 7.49. The Kier molecular flexibility index (Phi) is 7.07. The first-order valence-corrected chi connectivity index (χ1v) is 14.2. The van der Waals surface area contributed by atoms with Gasteiger partial charge in [0.15, 0.2) is 5.82 Å². The molecule has 2 aromatic carbocycles. The summed E-state index contributed by atoms with van der Waals surface area (Å²) < 4.78 is 27.8. The van der Waals surface area contributed by atoms with E-state index < -0.39 is 11.4 Å². The molecule has 2 saturated heterocycles. The van der Waals surface area contributed by atoms with Crippen LogP contribution in [0.2, 0.25) is 5.02 Å². The standard InChI is InChI=1S/C30H32ClFN6O3/c1-30(2,3)41-29(39)38-18-10-11-19(38)16-37(15-18)27-21-14-34-25(24(32)26(21)35-28(36-27)40-13-12-33)20-8-4-6-17-7-5-9-22(31)23(17)20/h4-9,14,18-19H,10-13,15-16,33H2,1-3H3/t18-,19+. The summed E-state index contributed by atoms with van der Waals surface area (Å²) in [6.45, 7) is 7.05. The minimum absolute atomic E-state index is 0.0341. The van der Waals surface area contributed by atoms with E-state index in [2.05, 4.69) is 19.9 Å². The molecule has 0 saturated carbocycles. The lowest BCUT2D eigenvalue weighted by atomic mass is 10.0. The Morgan fingerprint density at radius 2 is 1.83 bits per heavy atom. The van der Waals surface area contributed by atoms with Crippen molar-refractivity contribution in [3.63, 3.8) is 0 Å². The van der Waals surface area contributed by atoms with Crippen molar-refractivity contribution in [2.45, 2.75) is 51.3 Å². The van der Waals surface area contributed by atoms with E-state index in [0.29, 0.717) is 40.3 Å². The van der Waals surface area contributed by atoms with E-state index in [4.69, 9.17) is 26.8 Å². The minimum Gasteiger partial charge on any atom is -0.462 e. The Balaban J connectivity index is 1.43. The number of fused-ring (bicyclic) bond motifs is 4. The summed E-state index contributed by atoms with van der Waals surface area (Å²) in [5.41, 5.74) is 5.88. The SMILES string of the molecule is CC(C)(C)OC(=O)N1[C@@H]2CC[C@H]1CN(c1nc(OCCN)nc3c(F)c(-c4cccc5cccc(Cl)c45)ncc13)C2. The van der Waals surface area contributed by atoms with E-state index in [1.807, 2.05) is 49.9 Å². The number of ether oxygens (including phenoxy) is 2. The summed E-state index contributed by atoms with van der Waals surface area (Å²) >= 11 is 6.54. The van der Waals surface area contributed by atoms with Crippen LogP contribution in [0.3, 0.4) is 0 Å². The molecule has 0 spiro atoms. The van der Waals surface area contributed by atoms with Gasteiger partial charge in [0, 0.05) is 41.8 Å². The molecule has 6 rings (SSSR count). The van der Waals surface area contributed by atoms with Crippen LogP contribution in [0.1, 0.15) is 33.6 Å². The van der Waals surface area contributed by atoms with E-state index in [1.54, 1.807) is 18.3 Å². The Labute approximate surface area is 242 Å². The average Bonchev–Trinajstić information content (AvgIpc) is 3.20. The largest absolute Gasteiger partial charge is 0.462 e. The van der Waals surface area contributed by atoms with Crippen LogP contribution in [-0.2, 0) is 4.74 Å². The van der Waals surface area contributed by atoms with Crippen molar-refractivity contribution in [3.8, 4) is 17.3 Å². The molecule has 9 nitrogen and oxygen atoms in total. The van der Waals surface area contributed by atoms with Gasteiger partial charge in [0.1, 0.15) is 29.2 Å². The molecule has 41 heavy (non-hydrogen) atoms. The monoisotopic (exact) mass is 578 g/mol. The lowest BCUT2D eigenvalue weighted by Crippen LogP contribution is -2.57. The number of hydrogen-bond acceptors (Lipinski definition) is 8. The molecule has 2 bridgehead atoms. The van der Waals surface area contributed by atoms with Gasteiger partial charge < -0.3 is 20.1 Å². The first kappa shape index (κ1) is 27.4. The van der Waals surface area contributed by atoms with Crippen LogP contribution >= 0.6 is 11.6 Å². The quantitative estimate of drug-likeness (QED) is 0.328. The highest BCUT2D eigenvalue weighted by Crippen LogP contribution is 2.39. The van der Waals surface area contributed by atoms with Gasteiger partial charge >= 0.3 is 12.1 Å². The fourth-order valence-electron chi connectivity index (χ4n) is 5.85. The Morgan fingerprint density at radius 1 is 1.12 bits per heavy atom. The number of nitrogens with two attached hydrogens (primary N) is 1. The summed E-state index contributed by atoms with van der Waals surface area (Å²) in [4.78, 5) is 30.6. The zero-order valence-corrected chi connectivity index (χ0v) is 24.0. The van der Waals surface area contributed by atoms with Crippen molar-refractivity contribution in [2.75, 3.05) is 31.1 Å². The highest BCUT2D eigenvalue weighted by Gasteiger charge is 2.45. The molecule has 11 heteroatoms. The maximum absolute atomic E-state index is 16.4. The van der Waals surface area contributed by atoms with Gasteiger partial charge in [-0.25, -0.2) is 9.18 Å². The lowest BCUT2D eigenvalue weighted by molar-refractivity contribution is 0.0123. The van der Waals surface area contributed by atoms with Crippen molar-refractivity contribution < 1.29 is 18.7 Å². The maximum Gasteiger partial charge on any atom is 0.410 e. The highest BCUT2D eigenvalue weighted by molar-refractivity contribution is 6.36. The Hall–Kier alpha value is -3.76. The number of carbonyl (C=O) groups excluding carboxylic acids is 1.